The van der Waals surface area contributed by atoms with Crippen molar-refractivity contribution in [2.45, 2.75) is 50.8 Å². The van der Waals surface area contributed by atoms with E-state index in [0.29, 0.717) is 6.54 Å². The third-order valence-corrected chi connectivity index (χ3v) is 4.67. The van der Waals surface area contributed by atoms with Crippen LogP contribution in [-0.4, -0.2) is 22.2 Å². The molecule has 3 N–H and O–H groups in total. The Bertz CT molecular complexity index is 581. The van der Waals surface area contributed by atoms with Crippen molar-refractivity contribution in [3.63, 3.8) is 0 Å². The third-order valence-electron chi connectivity index (χ3n) is 4.23. The first-order chi connectivity index (χ1) is 9.75. The number of rotatable bonds is 3. The molecular weight excluding hydrogens is 272 g/mol. The van der Waals surface area contributed by atoms with Gasteiger partial charge in [0.2, 0.25) is 0 Å². The van der Waals surface area contributed by atoms with Gasteiger partial charge < -0.3 is 15.4 Å². The van der Waals surface area contributed by atoms with E-state index in [1.165, 1.54) is 12.8 Å². The first-order valence-electron chi connectivity index (χ1n) is 7.42. The predicted octanol–water partition coefficient (Wildman–Crippen LogP) is 3.60. The number of aliphatic hydroxyl groups excluding tert-OH is 1. The van der Waals surface area contributed by atoms with Crippen LogP contribution >= 0.6 is 11.6 Å². The van der Waals surface area contributed by atoms with Crippen molar-refractivity contribution in [1.82, 2.24) is 10.3 Å². The molecule has 0 spiro atoms. The summed E-state index contributed by atoms with van der Waals surface area (Å²) in [5.41, 5.74) is 2.07. The highest BCUT2D eigenvalue weighted by molar-refractivity contribution is 6.36. The summed E-state index contributed by atoms with van der Waals surface area (Å²) in [5.74, 6) is 0. The molecule has 1 aliphatic rings. The molecule has 0 aliphatic heterocycles. The first-order valence-corrected chi connectivity index (χ1v) is 7.80. The highest BCUT2D eigenvalue weighted by Gasteiger charge is 2.21. The average Bonchev–Trinajstić information content (AvgIpc) is 2.64. The molecule has 2 unspecified atom stereocenters. The molecule has 3 rings (SSSR count). The van der Waals surface area contributed by atoms with E-state index >= 15 is 0 Å². The minimum Gasteiger partial charge on any atom is -0.392 e. The molecule has 1 saturated carbocycles. The van der Waals surface area contributed by atoms with E-state index in [1.807, 2.05) is 24.3 Å². The number of halogens is 1. The number of nitrogens with one attached hydrogen (secondary N) is 2. The van der Waals surface area contributed by atoms with Crippen LogP contribution in [0.3, 0.4) is 0 Å². The SMILES string of the molecule is OC1CCCCCC1NCc1[nH]c2ccccc2c1Cl. The number of aromatic amines is 1. The summed E-state index contributed by atoms with van der Waals surface area (Å²) in [7, 11) is 0. The Morgan fingerprint density at radius 3 is 2.85 bits per heavy atom. The maximum Gasteiger partial charge on any atom is 0.0705 e. The van der Waals surface area contributed by atoms with Crippen LogP contribution in [0.2, 0.25) is 5.02 Å². The van der Waals surface area contributed by atoms with Crippen LogP contribution in [0.15, 0.2) is 24.3 Å². The van der Waals surface area contributed by atoms with Gasteiger partial charge in [-0.25, -0.2) is 0 Å². The Labute approximate surface area is 124 Å². The fraction of sp³-hybridized carbons (Fsp3) is 0.500. The summed E-state index contributed by atoms with van der Waals surface area (Å²) in [5, 5.41) is 15.4. The Balaban J connectivity index is 1.71. The minimum absolute atomic E-state index is 0.181. The van der Waals surface area contributed by atoms with E-state index in [4.69, 9.17) is 11.6 Å². The molecule has 1 aromatic heterocycles. The minimum atomic E-state index is -0.236. The summed E-state index contributed by atoms with van der Waals surface area (Å²) in [6.45, 7) is 0.676. The van der Waals surface area contributed by atoms with E-state index < -0.39 is 0 Å². The molecule has 0 saturated heterocycles. The van der Waals surface area contributed by atoms with Crippen molar-refractivity contribution in [2.75, 3.05) is 0 Å². The molecule has 1 aliphatic carbocycles. The summed E-state index contributed by atoms with van der Waals surface area (Å²) >= 11 is 6.41. The van der Waals surface area contributed by atoms with Crippen LogP contribution in [0.1, 0.15) is 37.8 Å². The van der Waals surface area contributed by atoms with Gasteiger partial charge in [0.05, 0.1) is 11.1 Å². The number of fused-ring (bicyclic) bond motifs is 1. The van der Waals surface area contributed by atoms with Crippen LogP contribution in [0, 0.1) is 0 Å². The molecule has 108 valence electrons. The first kappa shape index (κ1) is 13.9. The van der Waals surface area contributed by atoms with Crippen molar-refractivity contribution >= 4 is 22.5 Å². The zero-order valence-corrected chi connectivity index (χ0v) is 12.3. The molecule has 1 aromatic carbocycles. The second-order valence-corrected chi connectivity index (χ2v) is 6.03. The van der Waals surface area contributed by atoms with E-state index in [-0.39, 0.29) is 12.1 Å². The molecule has 1 fully saturated rings. The average molecular weight is 293 g/mol. The number of para-hydroxylation sites is 1. The van der Waals surface area contributed by atoms with E-state index in [9.17, 15) is 5.11 Å². The standard InChI is InChI=1S/C16H21ClN2O/c17-16-11-6-4-5-7-12(11)19-14(16)10-18-13-8-2-1-3-9-15(13)20/h4-7,13,15,18-20H,1-3,8-10H2. The predicted molar refractivity (Wildman–Crippen MR) is 83.0 cm³/mol. The van der Waals surface area contributed by atoms with Gasteiger partial charge in [0.15, 0.2) is 0 Å². The highest BCUT2D eigenvalue weighted by atomic mass is 35.5. The molecule has 3 nitrogen and oxygen atoms in total. The molecule has 0 bridgehead atoms. The zero-order chi connectivity index (χ0) is 13.9. The van der Waals surface area contributed by atoms with E-state index in [2.05, 4.69) is 10.3 Å². The van der Waals surface area contributed by atoms with Gasteiger partial charge in [0, 0.05) is 29.2 Å². The van der Waals surface area contributed by atoms with Gasteiger partial charge in [-0.2, -0.15) is 0 Å². The van der Waals surface area contributed by atoms with Gasteiger partial charge >= 0.3 is 0 Å². The molecule has 0 amide bonds. The lowest BCUT2D eigenvalue weighted by Gasteiger charge is -2.21. The van der Waals surface area contributed by atoms with Gasteiger partial charge in [-0.1, -0.05) is 49.1 Å². The maximum absolute atomic E-state index is 10.1. The van der Waals surface area contributed by atoms with Crippen LogP contribution in [0.25, 0.3) is 10.9 Å². The second kappa shape index (κ2) is 6.17. The summed E-state index contributed by atoms with van der Waals surface area (Å²) in [6, 6.07) is 8.24. The van der Waals surface area contributed by atoms with Crippen molar-refractivity contribution in [2.24, 2.45) is 0 Å². The van der Waals surface area contributed by atoms with Crippen molar-refractivity contribution in [1.29, 1.82) is 0 Å². The quantitative estimate of drug-likeness (QED) is 0.757. The number of hydrogen-bond acceptors (Lipinski definition) is 2. The van der Waals surface area contributed by atoms with Crippen molar-refractivity contribution in [3.05, 3.63) is 35.0 Å². The number of hydrogen-bond donors (Lipinski definition) is 3. The lowest BCUT2D eigenvalue weighted by molar-refractivity contribution is 0.119. The maximum atomic E-state index is 10.1. The number of aromatic nitrogens is 1. The molecular formula is C16H21ClN2O. The van der Waals surface area contributed by atoms with Crippen LogP contribution in [0.4, 0.5) is 0 Å². The number of benzene rings is 1. The van der Waals surface area contributed by atoms with Crippen LogP contribution in [0.5, 0.6) is 0 Å². The Morgan fingerprint density at radius 1 is 1.20 bits per heavy atom. The van der Waals surface area contributed by atoms with Gasteiger partial charge in [0.1, 0.15) is 0 Å². The zero-order valence-electron chi connectivity index (χ0n) is 11.5. The number of H-pyrrole nitrogens is 1. The van der Waals surface area contributed by atoms with Gasteiger partial charge in [-0.05, 0) is 18.9 Å². The Morgan fingerprint density at radius 2 is 2.00 bits per heavy atom. The molecule has 1 heterocycles. The van der Waals surface area contributed by atoms with E-state index in [0.717, 1.165) is 40.9 Å². The fourth-order valence-corrected chi connectivity index (χ4v) is 3.32. The third kappa shape index (κ3) is 2.85. The Kier molecular flexibility index (Phi) is 4.29. The summed E-state index contributed by atoms with van der Waals surface area (Å²) in [6.07, 6.45) is 5.25. The highest BCUT2D eigenvalue weighted by Crippen LogP contribution is 2.27. The molecule has 2 atom stereocenters. The topological polar surface area (TPSA) is 48.0 Å². The van der Waals surface area contributed by atoms with Crippen LogP contribution in [-0.2, 0) is 6.54 Å². The molecule has 20 heavy (non-hydrogen) atoms. The summed E-state index contributed by atoms with van der Waals surface area (Å²) in [4.78, 5) is 3.36. The largest absolute Gasteiger partial charge is 0.392 e. The van der Waals surface area contributed by atoms with Gasteiger partial charge in [0.25, 0.3) is 0 Å². The normalized spacial score (nSPS) is 23.9. The fourth-order valence-electron chi connectivity index (χ4n) is 3.04. The lowest BCUT2D eigenvalue weighted by atomic mass is 10.1. The van der Waals surface area contributed by atoms with E-state index in [1.54, 1.807) is 0 Å². The summed E-state index contributed by atoms with van der Waals surface area (Å²) < 4.78 is 0. The van der Waals surface area contributed by atoms with Gasteiger partial charge in [-0.15, -0.1) is 0 Å². The molecule has 0 radical (unpaired) electrons. The molecule has 2 aromatic rings. The van der Waals surface area contributed by atoms with Crippen LogP contribution < -0.4 is 5.32 Å². The Hall–Kier alpha value is -1.03. The lowest BCUT2D eigenvalue weighted by Crippen LogP contribution is -2.38. The smallest absolute Gasteiger partial charge is 0.0705 e. The van der Waals surface area contributed by atoms with Crippen molar-refractivity contribution < 1.29 is 5.11 Å². The van der Waals surface area contributed by atoms with Crippen molar-refractivity contribution in [3.8, 4) is 0 Å². The monoisotopic (exact) mass is 292 g/mol. The molecule has 4 heteroatoms. The van der Waals surface area contributed by atoms with Gasteiger partial charge in [-0.3, -0.25) is 0 Å². The second-order valence-electron chi connectivity index (χ2n) is 5.66. The number of aliphatic hydroxyl groups is 1.